The van der Waals surface area contributed by atoms with Gasteiger partial charge >= 0.3 is 0 Å². The zero-order chi connectivity index (χ0) is 14.5. The molecule has 20 heavy (non-hydrogen) atoms. The largest absolute Gasteiger partial charge is 0.469 e. The summed E-state index contributed by atoms with van der Waals surface area (Å²) in [5.41, 5.74) is 0.851. The predicted molar refractivity (Wildman–Crippen MR) is 71.8 cm³/mol. The van der Waals surface area contributed by atoms with Crippen molar-refractivity contribution in [3.8, 4) is 11.8 Å². The van der Waals surface area contributed by atoms with Crippen molar-refractivity contribution in [3.05, 3.63) is 53.2 Å². The highest BCUT2D eigenvalue weighted by Crippen LogP contribution is 2.15. The molecule has 4 nitrogen and oxygen atoms in total. The number of aliphatic hydroxyl groups is 1. The second-order valence-corrected chi connectivity index (χ2v) is 4.05. The van der Waals surface area contributed by atoms with E-state index in [1.165, 1.54) is 24.5 Å². The number of anilines is 1. The number of carbonyl (C=O) groups is 1. The molecule has 0 radical (unpaired) electrons. The van der Waals surface area contributed by atoms with Crippen molar-refractivity contribution >= 4 is 11.6 Å². The highest BCUT2D eigenvalue weighted by atomic mass is 19.1. The third kappa shape index (κ3) is 3.25. The van der Waals surface area contributed by atoms with Crippen LogP contribution in [0.5, 0.6) is 0 Å². The van der Waals surface area contributed by atoms with Crippen LogP contribution in [0.4, 0.5) is 10.1 Å². The van der Waals surface area contributed by atoms with Crippen LogP contribution in [0.1, 0.15) is 21.7 Å². The maximum absolute atomic E-state index is 13.7. The van der Waals surface area contributed by atoms with E-state index >= 15 is 0 Å². The van der Waals surface area contributed by atoms with Gasteiger partial charge in [-0.3, -0.25) is 4.79 Å². The number of hydrogen-bond acceptors (Lipinski definition) is 3. The fourth-order valence-electron chi connectivity index (χ4n) is 1.59. The standard InChI is InChI=1S/C15H12FNO3/c1-10-7-12(9-20-10)15(19)17-13-5-4-11(3-2-6-18)14(16)8-13/h4-5,7-9,18H,6H2,1H3,(H,17,19). The first-order valence-corrected chi connectivity index (χ1v) is 5.86. The Morgan fingerprint density at radius 1 is 1.45 bits per heavy atom. The van der Waals surface area contributed by atoms with Crippen molar-refractivity contribution in [1.29, 1.82) is 0 Å². The molecule has 5 heteroatoms. The van der Waals surface area contributed by atoms with E-state index in [-0.39, 0.29) is 18.1 Å². The van der Waals surface area contributed by atoms with Crippen LogP contribution in [-0.2, 0) is 0 Å². The monoisotopic (exact) mass is 273 g/mol. The zero-order valence-electron chi connectivity index (χ0n) is 10.7. The fraction of sp³-hybridized carbons (Fsp3) is 0.133. The van der Waals surface area contributed by atoms with E-state index in [4.69, 9.17) is 9.52 Å². The van der Waals surface area contributed by atoms with Gasteiger partial charge in [0.2, 0.25) is 0 Å². The molecular formula is C15H12FNO3. The minimum atomic E-state index is -0.563. The Hall–Kier alpha value is -2.58. The molecule has 1 aromatic carbocycles. The molecule has 2 N–H and O–H groups in total. The number of hydrogen-bond donors (Lipinski definition) is 2. The number of halogens is 1. The number of aryl methyl sites for hydroxylation is 1. The van der Waals surface area contributed by atoms with Gasteiger partial charge in [-0.15, -0.1) is 0 Å². The van der Waals surface area contributed by atoms with Crippen molar-refractivity contribution in [2.45, 2.75) is 6.92 Å². The molecule has 0 saturated carbocycles. The summed E-state index contributed by atoms with van der Waals surface area (Å²) in [5.74, 6) is 4.51. The molecule has 0 aliphatic heterocycles. The minimum Gasteiger partial charge on any atom is -0.469 e. The molecule has 0 spiro atoms. The number of amides is 1. The van der Waals surface area contributed by atoms with Gasteiger partial charge in [0.25, 0.3) is 5.91 Å². The second kappa shape index (κ2) is 6.04. The molecule has 1 heterocycles. The predicted octanol–water partition coefficient (Wildman–Crippen LogP) is 2.32. The first-order chi connectivity index (χ1) is 9.60. The quantitative estimate of drug-likeness (QED) is 0.825. The molecule has 0 aliphatic rings. The first kappa shape index (κ1) is 13.8. The summed E-state index contributed by atoms with van der Waals surface area (Å²) in [6.07, 6.45) is 1.34. The molecule has 1 aromatic heterocycles. The van der Waals surface area contributed by atoms with Crippen LogP contribution in [0.15, 0.2) is 34.9 Å². The summed E-state index contributed by atoms with van der Waals surface area (Å²) in [5, 5.41) is 11.1. The number of nitrogens with one attached hydrogen (secondary N) is 1. The molecule has 0 unspecified atom stereocenters. The summed E-state index contributed by atoms with van der Waals surface area (Å²) < 4.78 is 18.7. The first-order valence-electron chi connectivity index (χ1n) is 5.86. The third-order valence-electron chi connectivity index (χ3n) is 2.52. The Bertz CT molecular complexity index is 695. The van der Waals surface area contributed by atoms with Crippen LogP contribution in [-0.4, -0.2) is 17.6 Å². The molecule has 2 rings (SSSR count). The lowest BCUT2D eigenvalue weighted by Crippen LogP contribution is -2.11. The van der Waals surface area contributed by atoms with Gasteiger partial charge in [0, 0.05) is 5.69 Å². The normalized spacial score (nSPS) is 9.75. The Labute approximate surface area is 115 Å². The van der Waals surface area contributed by atoms with E-state index in [2.05, 4.69) is 17.2 Å². The number of furan rings is 1. The fourth-order valence-corrected chi connectivity index (χ4v) is 1.59. The minimum absolute atomic E-state index is 0.163. The topological polar surface area (TPSA) is 62.5 Å². The van der Waals surface area contributed by atoms with Crippen LogP contribution in [0.3, 0.4) is 0 Å². The highest BCUT2D eigenvalue weighted by molar-refractivity contribution is 6.04. The molecule has 102 valence electrons. The highest BCUT2D eigenvalue weighted by Gasteiger charge is 2.10. The maximum atomic E-state index is 13.7. The van der Waals surface area contributed by atoms with Crippen LogP contribution in [0.25, 0.3) is 0 Å². The van der Waals surface area contributed by atoms with E-state index < -0.39 is 5.82 Å². The number of carbonyl (C=O) groups excluding carboxylic acids is 1. The summed E-state index contributed by atoms with van der Waals surface area (Å²) in [4.78, 5) is 11.8. The van der Waals surface area contributed by atoms with Gasteiger partial charge in [-0.05, 0) is 31.2 Å². The Morgan fingerprint density at radius 3 is 2.85 bits per heavy atom. The Morgan fingerprint density at radius 2 is 2.25 bits per heavy atom. The van der Waals surface area contributed by atoms with E-state index in [1.807, 2.05) is 0 Å². The smallest absolute Gasteiger partial charge is 0.258 e. The van der Waals surface area contributed by atoms with Crippen LogP contribution < -0.4 is 5.32 Å². The SMILES string of the molecule is Cc1cc(C(=O)Nc2ccc(C#CCO)c(F)c2)co1. The molecule has 0 aliphatic carbocycles. The lowest BCUT2D eigenvalue weighted by atomic mass is 10.2. The summed E-state index contributed by atoms with van der Waals surface area (Å²) in [6, 6.07) is 5.74. The van der Waals surface area contributed by atoms with Crippen molar-refractivity contribution in [2.75, 3.05) is 11.9 Å². The average molecular weight is 273 g/mol. The van der Waals surface area contributed by atoms with E-state index in [0.29, 0.717) is 17.0 Å². The van der Waals surface area contributed by atoms with Gasteiger partial charge < -0.3 is 14.8 Å². The van der Waals surface area contributed by atoms with Crippen LogP contribution in [0, 0.1) is 24.6 Å². The van der Waals surface area contributed by atoms with E-state index in [0.717, 1.165) is 0 Å². The van der Waals surface area contributed by atoms with Gasteiger partial charge in [-0.1, -0.05) is 11.8 Å². The van der Waals surface area contributed by atoms with Crippen LogP contribution in [0.2, 0.25) is 0 Å². The lowest BCUT2D eigenvalue weighted by molar-refractivity contribution is 0.102. The summed E-state index contributed by atoms with van der Waals surface area (Å²) in [6.45, 7) is 1.39. The van der Waals surface area contributed by atoms with Crippen molar-refractivity contribution in [1.82, 2.24) is 0 Å². The lowest BCUT2D eigenvalue weighted by Gasteiger charge is -2.04. The molecular weight excluding hydrogens is 261 g/mol. The second-order valence-electron chi connectivity index (χ2n) is 4.05. The molecule has 1 amide bonds. The summed E-state index contributed by atoms with van der Waals surface area (Å²) in [7, 11) is 0. The van der Waals surface area contributed by atoms with Gasteiger partial charge in [0.1, 0.15) is 24.4 Å². The zero-order valence-corrected chi connectivity index (χ0v) is 10.7. The van der Waals surface area contributed by atoms with Gasteiger partial charge in [-0.25, -0.2) is 4.39 Å². The molecule has 0 bridgehead atoms. The van der Waals surface area contributed by atoms with Gasteiger partial charge in [0.15, 0.2) is 0 Å². The molecule has 0 fully saturated rings. The molecule has 2 aromatic rings. The van der Waals surface area contributed by atoms with Crippen molar-refractivity contribution in [2.24, 2.45) is 0 Å². The maximum Gasteiger partial charge on any atom is 0.258 e. The van der Waals surface area contributed by atoms with Crippen molar-refractivity contribution < 1.29 is 18.7 Å². The van der Waals surface area contributed by atoms with Gasteiger partial charge in [-0.2, -0.15) is 0 Å². The van der Waals surface area contributed by atoms with Gasteiger partial charge in [0.05, 0.1) is 11.1 Å². The van der Waals surface area contributed by atoms with Crippen molar-refractivity contribution in [3.63, 3.8) is 0 Å². The van der Waals surface area contributed by atoms with E-state index in [9.17, 15) is 9.18 Å². The third-order valence-corrected chi connectivity index (χ3v) is 2.52. The van der Waals surface area contributed by atoms with Crippen LogP contribution >= 0.6 is 0 Å². The average Bonchev–Trinajstić information content (AvgIpc) is 2.85. The number of benzene rings is 1. The number of rotatable bonds is 2. The molecule has 0 atom stereocenters. The summed E-state index contributed by atoms with van der Waals surface area (Å²) >= 11 is 0. The Kier molecular flexibility index (Phi) is 4.18. The van der Waals surface area contributed by atoms with E-state index in [1.54, 1.807) is 13.0 Å². The Balaban J connectivity index is 2.14. The molecule has 0 saturated heterocycles. The number of aliphatic hydroxyl groups excluding tert-OH is 1.